The summed E-state index contributed by atoms with van der Waals surface area (Å²) in [5.41, 5.74) is 0. The van der Waals surface area contributed by atoms with Crippen LogP contribution in [0.5, 0.6) is 0 Å². The first kappa shape index (κ1) is 8.04. The van der Waals surface area contributed by atoms with Gasteiger partial charge >= 0.3 is 0 Å². The van der Waals surface area contributed by atoms with Gasteiger partial charge in [-0.2, -0.15) is 0 Å². The highest BCUT2D eigenvalue weighted by molar-refractivity contribution is 5.72. The van der Waals surface area contributed by atoms with Crippen molar-refractivity contribution >= 4 is 12.3 Å². The zero-order valence-electron chi connectivity index (χ0n) is 6.54. The van der Waals surface area contributed by atoms with E-state index in [0.717, 1.165) is 19.4 Å². The van der Waals surface area contributed by atoms with E-state index in [1.54, 1.807) is 4.90 Å². The van der Waals surface area contributed by atoms with Crippen LogP contribution in [-0.2, 0) is 9.59 Å². The summed E-state index contributed by atoms with van der Waals surface area (Å²) in [4.78, 5) is 22.4. The van der Waals surface area contributed by atoms with Crippen LogP contribution in [0.3, 0.4) is 0 Å². The van der Waals surface area contributed by atoms with Crippen molar-refractivity contribution in [1.29, 1.82) is 0 Å². The Labute approximate surface area is 65.6 Å². The van der Waals surface area contributed by atoms with E-state index in [0.29, 0.717) is 6.54 Å². The minimum atomic E-state index is -0.0391. The molecule has 1 fully saturated rings. The number of hydrogen-bond acceptors (Lipinski definition) is 2. The fraction of sp³-hybridized carbons (Fsp3) is 0.714. The van der Waals surface area contributed by atoms with Crippen molar-refractivity contribution in [2.45, 2.75) is 19.4 Å². The number of carbonyl (C=O) groups excluding carboxylic acids is 2. The number of nitrogens with zero attached hydrogens (tertiary/aromatic N) is 1. The molecule has 1 aliphatic heterocycles. The van der Waals surface area contributed by atoms with E-state index in [2.05, 4.69) is 5.32 Å². The molecule has 0 bridgehead atoms. The molecular formula is C7H12N2O2. The van der Waals surface area contributed by atoms with E-state index in [-0.39, 0.29) is 11.9 Å². The van der Waals surface area contributed by atoms with Crippen LogP contribution >= 0.6 is 0 Å². The molecule has 1 rings (SSSR count). The fourth-order valence-corrected chi connectivity index (χ4v) is 1.08. The van der Waals surface area contributed by atoms with Gasteiger partial charge < -0.3 is 10.2 Å². The third kappa shape index (κ3) is 1.93. The van der Waals surface area contributed by atoms with E-state index in [9.17, 15) is 9.59 Å². The summed E-state index contributed by atoms with van der Waals surface area (Å²) in [6, 6.07) is 0.233. The average molecular weight is 156 g/mol. The Morgan fingerprint density at radius 3 is 2.91 bits per heavy atom. The Hall–Kier alpha value is -1.06. The summed E-state index contributed by atoms with van der Waals surface area (Å²) in [6.45, 7) is 2.89. The number of likely N-dealkylation sites (tertiary alicyclic amines) is 1. The third-order valence-electron chi connectivity index (χ3n) is 1.91. The van der Waals surface area contributed by atoms with Crippen molar-refractivity contribution in [1.82, 2.24) is 10.2 Å². The van der Waals surface area contributed by atoms with E-state index in [1.165, 1.54) is 6.92 Å². The van der Waals surface area contributed by atoms with Gasteiger partial charge in [0.25, 0.3) is 0 Å². The van der Waals surface area contributed by atoms with Crippen molar-refractivity contribution in [2.24, 2.45) is 0 Å². The lowest BCUT2D eigenvalue weighted by Gasteiger charge is -2.37. The second-order valence-electron chi connectivity index (χ2n) is 2.72. The number of nitrogens with one attached hydrogen (secondary N) is 1. The Balaban J connectivity index is 2.17. The quantitative estimate of drug-likeness (QED) is 0.552. The second-order valence-corrected chi connectivity index (χ2v) is 2.72. The maximum atomic E-state index is 10.5. The molecular weight excluding hydrogens is 144 g/mol. The van der Waals surface area contributed by atoms with Gasteiger partial charge in [-0.3, -0.25) is 9.59 Å². The van der Waals surface area contributed by atoms with Crippen molar-refractivity contribution < 1.29 is 9.59 Å². The number of hydrogen-bond donors (Lipinski definition) is 1. The van der Waals surface area contributed by atoms with Crippen molar-refractivity contribution in [2.75, 3.05) is 13.1 Å². The molecule has 0 radical (unpaired) electrons. The van der Waals surface area contributed by atoms with Crippen LogP contribution < -0.4 is 5.32 Å². The lowest BCUT2D eigenvalue weighted by molar-refractivity contribution is -0.126. The molecule has 0 aromatic heterocycles. The van der Waals surface area contributed by atoms with Gasteiger partial charge in [0.15, 0.2) is 0 Å². The molecule has 1 atom stereocenters. The van der Waals surface area contributed by atoms with Crippen LogP contribution in [0.1, 0.15) is 13.3 Å². The monoisotopic (exact) mass is 156 g/mol. The lowest BCUT2D eigenvalue weighted by Crippen LogP contribution is -2.52. The molecule has 1 saturated heterocycles. The first-order valence-electron chi connectivity index (χ1n) is 3.69. The van der Waals surface area contributed by atoms with Gasteiger partial charge in [0.05, 0.1) is 6.04 Å². The molecule has 62 valence electrons. The third-order valence-corrected chi connectivity index (χ3v) is 1.91. The SMILES string of the molecule is CC(=O)NCC1CCN1C=O. The Morgan fingerprint density at radius 1 is 1.82 bits per heavy atom. The molecule has 2 amide bonds. The summed E-state index contributed by atoms with van der Waals surface area (Å²) >= 11 is 0. The van der Waals surface area contributed by atoms with Crippen LogP contribution in [0, 0.1) is 0 Å². The maximum Gasteiger partial charge on any atom is 0.216 e. The van der Waals surface area contributed by atoms with Crippen molar-refractivity contribution in [3.8, 4) is 0 Å². The van der Waals surface area contributed by atoms with Gasteiger partial charge in [0.2, 0.25) is 12.3 Å². The summed E-state index contributed by atoms with van der Waals surface area (Å²) in [5.74, 6) is -0.0391. The molecule has 0 saturated carbocycles. The Bertz CT molecular complexity index is 170. The van der Waals surface area contributed by atoms with E-state index < -0.39 is 0 Å². The van der Waals surface area contributed by atoms with Gasteiger partial charge in [-0.25, -0.2) is 0 Å². The minimum Gasteiger partial charge on any atom is -0.354 e. The summed E-state index contributed by atoms with van der Waals surface area (Å²) < 4.78 is 0. The molecule has 1 N–H and O–H groups in total. The van der Waals surface area contributed by atoms with Crippen molar-refractivity contribution in [3.05, 3.63) is 0 Å². The van der Waals surface area contributed by atoms with Gasteiger partial charge in [0, 0.05) is 20.0 Å². The maximum absolute atomic E-state index is 10.5. The zero-order chi connectivity index (χ0) is 8.27. The summed E-state index contributed by atoms with van der Waals surface area (Å²) in [6.07, 6.45) is 1.83. The Kier molecular flexibility index (Phi) is 2.46. The van der Waals surface area contributed by atoms with Gasteiger partial charge in [0.1, 0.15) is 0 Å². The summed E-state index contributed by atoms with van der Waals surface area (Å²) in [5, 5.41) is 2.67. The molecule has 1 aliphatic rings. The van der Waals surface area contributed by atoms with Gasteiger partial charge in [-0.05, 0) is 6.42 Å². The highest BCUT2D eigenvalue weighted by atomic mass is 16.1. The highest BCUT2D eigenvalue weighted by Gasteiger charge is 2.25. The molecule has 0 aromatic rings. The molecule has 11 heavy (non-hydrogen) atoms. The molecule has 1 heterocycles. The van der Waals surface area contributed by atoms with E-state index >= 15 is 0 Å². The first-order chi connectivity index (χ1) is 5.24. The second kappa shape index (κ2) is 3.37. The van der Waals surface area contributed by atoms with Crippen LogP contribution in [-0.4, -0.2) is 36.3 Å². The standard InChI is InChI=1S/C7H12N2O2/c1-6(11)8-4-7-2-3-9(7)5-10/h5,7H,2-4H2,1H3,(H,8,11). The van der Waals surface area contributed by atoms with E-state index in [4.69, 9.17) is 0 Å². The predicted octanol–water partition coefficient (Wildman–Crippen LogP) is -0.647. The number of carbonyl (C=O) groups is 2. The Morgan fingerprint density at radius 2 is 2.55 bits per heavy atom. The lowest BCUT2D eigenvalue weighted by atomic mass is 10.1. The largest absolute Gasteiger partial charge is 0.354 e. The molecule has 0 spiro atoms. The number of rotatable bonds is 3. The normalized spacial score (nSPS) is 22.3. The van der Waals surface area contributed by atoms with E-state index in [1.807, 2.05) is 0 Å². The van der Waals surface area contributed by atoms with Gasteiger partial charge in [-0.1, -0.05) is 0 Å². The smallest absolute Gasteiger partial charge is 0.216 e. The first-order valence-corrected chi connectivity index (χ1v) is 3.69. The highest BCUT2D eigenvalue weighted by Crippen LogP contribution is 2.12. The summed E-state index contributed by atoms with van der Waals surface area (Å²) in [7, 11) is 0. The average Bonchev–Trinajstić information content (AvgIpc) is 1.86. The minimum absolute atomic E-state index is 0.0391. The molecule has 4 heteroatoms. The molecule has 4 nitrogen and oxygen atoms in total. The van der Waals surface area contributed by atoms with Crippen LogP contribution in [0.4, 0.5) is 0 Å². The molecule has 0 aromatic carbocycles. The number of amides is 2. The van der Waals surface area contributed by atoms with Crippen LogP contribution in [0.25, 0.3) is 0 Å². The van der Waals surface area contributed by atoms with Crippen LogP contribution in [0.2, 0.25) is 0 Å². The van der Waals surface area contributed by atoms with Crippen LogP contribution in [0.15, 0.2) is 0 Å². The topological polar surface area (TPSA) is 49.4 Å². The predicted molar refractivity (Wildman–Crippen MR) is 39.9 cm³/mol. The zero-order valence-corrected chi connectivity index (χ0v) is 6.54. The van der Waals surface area contributed by atoms with Crippen molar-refractivity contribution in [3.63, 3.8) is 0 Å². The molecule has 0 aliphatic carbocycles. The van der Waals surface area contributed by atoms with Gasteiger partial charge in [-0.15, -0.1) is 0 Å². The molecule has 1 unspecified atom stereocenters. The fourth-order valence-electron chi connectivity index (χ4n) is 1.08.